The molecule has 1 saturated heterocycles. The Kier molecular flexibility index (Phi) is 6.44. The molecule has 0 aromatic carbocycles. The zero-order valence-corrected chi connectivity index (χ0v) is 11.6. The van der Waals surface area contributed by atoms with Gasteiger partial charge in [-0.25, -0.2) is 8.42 Å². The molecular weight excluding hydrogens is 236 g/mol. The van der Waals surface area contributed by atoms with Gasteiger partial charge < -0.3 is 0 Å². The van der Waals surface area contributed by atoms with Crippen LogP contribution in [0.3, 0.4) is 0 Å². The molecule has 102 valence electrons. The molecule has 3 N–H and O–H groups in total. The summed E-state index contributed by atoms with van der Waals surface area (Å²) in [5.41, 5.74) is 2.73. The Hall–Kier alpha value is -0.130. The molecule has 0 aromatic heterocycles. The van der Waals surface area contributed by atoms with Gasteiger partial charge in [-0.05, 0) is 19.3 Å². The molecule has 4 nitrogen and oxygen atoms in total. The Morgan fingerprint density at radius 3 is 2.65 bits per heavy atom. The molecule has 0 amide bonds. The highest BCUT2D eigenvalue weighted by Gasteiger charge is 2.34. The fourth-order valence-corrected chi connectivity index (χ4v) is 4.75. The van der Waals surface area contributed by atoms with Crippen LogP contribution in [0.4, 0.5) is 0 Å². The van der Waals surface area contributed by atoms with Gasteiger partial charge >= 0.3 is 0 Å². The number of unbranched alkanes of at least 4 members (excludes halogenated alkanes) is 3. The first-order valence-corrected chi connectivity index (χ1v) is 8.51. The Morgan fingerprint density at radius 2 is 2.06 bits per heavy atom. The third kappa shape index (κ3) is 4.56. The first-order valence-electron chi connectivity index (χ1n) is 6.79. The zero-order chi connectivity index (χ0) is 12.7. The molecule has 2 atom stereocenters. The van der Waals surface area contributed by atoms with Gasteiger partial charge in [-0.1, -0.05) is 39.0 Å². The van der Waals surface area contributed by atoms with E-state index in [0.29, 0.717) is 5.75 Å². The van der Waals surface area contributed by atoms with Crippen molar-refractivity contribution in [1.82, 2.24) is 5.43 Å². The van der Waals surface area contributed by atoms with Crippen LogP contribution in [-0.2, 0) is 9.84 Å². The Morgan fingerprint density at radius 1 is 1.29 bits per heavy atom. The Balaban J connectivity index is 2.48. The van der Waals surface area contributed by atoms with Crippen LogP contribution in [0.1, 0.15) is 58.3 Å². The molecule has 0 radical (unpaired) electrons. The quantitative estimate of drug-likeness (QED) is 0.416. The smallest absolute Gasteiger partial charge is 0.154 e. The molecule has 0 aromatic rings. The molecule has 1 fully saturated rings. The monoisotopic (exact) mass is 262 g/mol. The highest BCUT2D eigenvalue weighted by molar-refractivity contribution is 7.92. The van der Waals surface area contributed by atoms with Crippen LogP contribution in [0.15, 0.2) is 0 Å². The number of hydrazine groups is 1. The van der Waals surface area contributed by atoms with E-state index in [1.807, 2.05) is 0 Å². The van der Waals surface area contributed by atoms with Gasteiger partial charge in [0.05, 0.1) is 11.0 Å². The summed E-state index contributed by atoms with van der Waals surface area (Å²) in [6.45, 7) is 2.17. The number of nitrogens with two attached hydrogens (primary N) is 1. The maximum absolute atomic E-state index is 12.0. The number of nitrogens with one attached hydrogen (secondary N) is 1. The zero-order valence-electron chi connectivity index (χ0n) is 10.8. The molecule has 1 heterocycles. The summed E-state index contributed by atoms with van der Waals surface area (Å²) in [6.07, 6.45) is 8.11. The number of rotatable bonds is 7. The lowest BCUT2D eigenvalue weighted by atomic mass is 10.0. The summed E-state index contributed by atoms with van der Waals surface area (Å²) in [7, 11) is -2.92. The van der Waals surface area contributed by atoms with Crippen LogP contribution >= 0.6 is 0 Å². The molecule has 0 spiro atoms. The second kappa shape index (κ2) is 7.34. The average molecular weight is 262 g/mol. The van der Waals surface area contributed by atoms with Gasteiger partial charge in [-0.2, -0.15) is 0 Å². The lowest BCUT2D eigenvalue weighted by Gasteiger charge is -2.29. The van der Waals surface area contributed by atoms with Crippen LogP contribution in [0.2, 0.25) is 0 Å². The lowest BCUT2D eigenvalue weighted by Crippen LogP contribution is -2.49. The first kappa shape index (κ1) is 14.9. The first-order chi connectivity index (χ1) is 8.11. The van der Waals surface area contributed by atoms with Crippen molar-refractivity contribution in [3.05, 3.63) is 0 Å². The fourth-order valence-electron chi connectivity index (χ4n) is 2.60. The number of hydrogen-bond acceptors (Lipinski definition) is 4. The van der Waals surface area contributed by atoms with Crippen molar-refractivity contribution < 1.29 is 8.42 Å². The van der Waals surface area contributed by atoms with Crippen molar-refractivity contribution in [3.63, 3.8) is 0 Å². The number of hydrogen-bond donors (Lipinski definition) is 2. The van der Waals surface area contributed by atoms with E-state index in [2.05, 4.69) is 12.3 Å². The van der Waals surface area contributed by atoms with Crippen LogP contribution < -0.4 is 11.3 Å². The minimum Gasteiger partial charge on any atom is -0.271 e. The molecule has 0 aliphatic carbocycles. The maximum atomic E-state index is 12.0. The van der Waals surface area contributed by atoms with E-state index < -0.39 is 9.84 Å². The third-order valence-electron chi connectivity index (χ3n) is 3.66. The Bertz CT molecular complexity index is 304. The van der Waals surface area contributed by atoms with Gasteiger partial charge in [0.2, 0.25) is 0 Å². The summed E-state index contributed by atoms with van der Waals surface area (Å²) < 4.78 is 24.0. The van der Waals surface area contributed by atoms with Gasteiger partial charge in [-0.3, -0.25) is 11.3 Å². The molecule has 0 bridgehead atoms. The van der Waals surface area contributed by atoms with E-state index in [9.17, 15) is 8.42 Å². The van der Waals surface area contributed by atoms with Gasteiger partial charge in [0.1, 0.15) is 0 Å². The number of sulfone groups is 1. The molecule has 1 aliphatic heterocycles. The molecule has 17 heavy (non-hydrogen) atoms. The maximum Gasteiger partial charge on any atom is 0.154 e. The topological polar surface area (TPSA) is 72.2 Å². The van der Waals surface area contributed by atoms with Gasteiger partial charge in [0, 0.05) is 6.04 Å². The highest BCUT2D eigenvalue weighted by atomic mass is 32.2. The van der Waals surface area contributed by atoms with Crippen LogP contribution in [0.25, 0.3) is 0 Å². The van der Waals surface area contributed by atoms with Crippen molar-refractivity contribution >= 4 is 9.84 Å². The Labute approximate surface area is 105 Å². The van der Waals surface area contributed by atoms with Crippen molar-refractivity contribution in [2.75, 3.05) is 5.75 Å². The van der Waals surface area contributed by atoms with E-state index in [1.54, 1.807) is 0 Å². The van der Waals surface area contributed by atoms with Crippen molar-refractivity contribution in [2.45, 2.75) is 69.6 Å². The molecule has 1 aliphatic rings. The molecule has 2 unspecified atom stereocenters. The molecule has 0 saturated carbocycles. The highest BCUT2D eigenvalue weighted by Crippen LogP contribution is 2.24. The second-order valence-corrected chi connectivity index (χ2v) is 7.36. The summed E-state index contributed by atoms with van der Waals surface area (Å²) in [5.74, 6) is 5.86. The average Bonchev–Trinajstić information content (AvgIpc) is 2.30. The van der Waals surface area contributed by atoms with Crippen molar-refractivity contribution in [2.24, 2.45) is 5.84 Å². The van der Waals surface area contributed by atoms with Crippen LogP contribution in [-0.4, -0.2) is 25.5 Å². The van der Waals surface area contributed by atoms with Gasteiger partial charge in [-0.15, -0.1) is 0 Å². The van der Waals surface area contributed by atoms with Crippen molar-refractivity contribution in [1.29, 1.82) is 0 Å². The van der Waals surface area contributed by atoms with E-state index in [0.717, 1.165) is 32.1 Å². The van der Waals surface area contributed by atoms with Crippen LogP contribution in [0.5, 0.6) is 0 Å². The summed E-state index contributed by atoms with van der Waals surface area (Å²) in [6, 6.07) is -0.0582. The third-order valence-corrected chi connectivity index (χ3v) is 6.00. The minimum atomic E-state index is -2.92. The van der Waals surface area contributed by atoms with E-state index >= 15 is 0 Å². The molecule has 5 heteroatoms. The lowest BCUT2D eigenvalue weighted by molar-refractivity contribution is 0.409. The van der Waals surface area contributed by atoms with Crippen LogP contribution in [0, 0.1) is 0 Å². The predicted molar refractivity (Wildman–Crippen MR) is 71.3 cm³/mol. The summed E-state index contributed by atoms with van der Waals surface area (Å²) in [5, 5.41) is -0.261. The SMILES string of the molecule is CCCCCCC(NN)C1CCCCS1(=O)=O. The minimum absolute atomic E-state index is 0.0582. The summed E-state index contributed by atoms with van der Waals surface area (Å²) in [4.78, 5) is 0. The second-order valence-electron chi connectivity index (χ2n) is 5.02. The summed E-state index contributed by atoms with van der Waals surface area (Å²) >= 11 is 0. The van der Waals surface area contributed by atoms with E-state index in [1.165, 1.54) is 19.3 Å². The van der Waals surface area contributed by atoms with Crippen molar-refractivity contribution in [3.8, 4) is 0 Å². The standard InChI is InChI=1S/C12H26N2O2S/c1-2-3-4-5-8-11(14-13)12-9-6-7-10-17(12,15)16/h11-12,14H,2-10,13H2,1H3. The predicted octanol–water partition coefficient (Wildman–Crippen LogP) is 1.76. The fraction of sp³-hybridized carbons (Fsp3) is 1.00. The van der Waals surface area contributed by atoms with Gasteiger partial charge in [0.15, 0.2) is 9.84 Å². The largest absolute Gasteiger partial charge is 0.271 e. The van der Waals surface area contributed by atoms with E-state index in [4.69, 9.17) is 5.84 Å². The molecular formula is C12H26N2O2S. The van der Waals surface area contributed by atoms with Gasteiger partial charge in [0.25, 0.3) is 0 Å². The normalized spacial score (nSPS) is 25.6. The van der Waals surface area contributed by atoms with E-state index in [-0.39, 0.29) is 11.3 Å². The molecule has 1 rings (SSSR count).